The third-order valence-corrected chi connectivity index (χ3v) is 7.91. The molecule has 0 atom stereocenters. The van der Waals surface area contributed by atoms with E-state index in [-0.39, 0.29) is 16.1 Å². The first-order valence-electron chi connectivity index (χ1n) is 11.4. The van der Waals surface area contributed by atoms with E-state index in [0.29, 0.717) is 22.4 Å². The molecule has 0 aliphatic carbocycles. The van der Waals surface area contributed by atoms with Crippen LogP contribution in [0, 0.1) is 12.0 Å². The molecule has 0 unspecified atom stereocenters. The number of aromatic hydroxyl groups is 1. The Hall–Kier alpha value is -3.53. The lowest BCUT2D eigenvalue weighted by molar-refractivity contribution is 0.477. The molecular weight excluding hydrogens is 534 g/mol. The van der Waals surface area contributed by atoms with Gasteiger partial charge in [0.25, 0.3) is 10.0 Å². The first-order chi connectivity index (χ1) is 17.1. The molecule has 4 rings (SSSR count). The highest BCUT2D eigenvalue weighted by Gasteiger charge is 2.25. The monoisotopic (exact) mass is 559 g/mol. The van der Waals surface area contributed by atoms with Crippen LogP contribution < -0.4 is 4.31 Å². The van der Waals surface area contributed by atoms with Crippen molar-refractivity contribution in [2.75, 3.05) is 4.31 Å². The zero-order valence-corrected chi connectivity index (χ0v) is 22.6. The molecule has 0 radical (unpaired) electrons. The molecule has 36 heavy (non-hydrogen) atoms. The Morgan fingerprint density at radius 3 is 1.97 bits per heavy atom. The molecule has 4 aromatic carbocycles. The fraction of sp³-hybridized carbons (Fsp3) is 0.133. The van der Waals surface area contributed by atoms with Crippen LogP contribution in [0.4, 0.5) is 5.69 Å². The lowest BCUT2D eigenvalue weighted by Crippen LogP contribution is -2.26. The van der Waals surface area contributed by atoms with Gasteiger partial charge in [-0.25, -0.2) is 8.42 Å². The van der Waals surface area contributed by atoms with E-state index >= 15 is 0 Å². The van der Waals surface area contributed by atoms with Crippen molar-refractivity contribution in [3.8, 4) is 28.8 Å². The zero-order valence-electron chi connectivity index (χ0n) is 20.2. The minimum atomic E-state index is -3.99. The van der Waals surface area contributed by atoms with Gasteiger partial charge in [0.15, 0.2) is 0 Å². The van der Waals surface area contributed by atoms with Gasteiger partial charge in [-0.05, 0) is 65.4 Å². The first-order valence-corrected chi connectivity index (χ1v) is 13.6. The number of phenols is 1. The average molecular weight is 561 g/mol. The molecule has 0 bridgehead atoms. The summed E-state index contributed by atoms with van der Waals surface area (Å²) in [5.74, 6) is 3.17. The van der Waals surface area contributed by atoms with Gasteiger partial charge < -0.3 is 5.11 Å². The first kappa shape index (κ1) is 25.6. The Labute approximate surface area is 221 Å². The largest absolute Gasteiger partial charge is 0.507 e. The van der Waals surface area contributed by atoms with Crippen LogP contribution in [0.15, 0.2) is 106 Å². The molecular formula is C30H26BrNO3S. The summed E-state index contributed by atoms with van der Waals surface area (Å²) in [5.41, 5.74) is 3.40. The van der Waals surface area contributed by atoms with Gasteiger partial charge in [-0.1, -0.05) is 85.2 Å². The molecule has 0 aliphatic heterocycles. The van der Waals surface area contributed by atoms with Gasteiger partial charge in [-0.15, -0.1) is 0 Å². The number of rotatable bonds is 4. The molecule has 6 heteroatoms. The Morgan fingerprint density at radius 1 is 0.778 bits per heavy atom. The van der Waals surface area contributed by atoms with E-state index < -0.39 is 10.0 Å². The standard InChI is InChI=1S/C30H26BrNO3S/c1-30(2,3)23-12-16-25(17-13-23)32(36(34,35)26-18-14-24(31)15-19-26)21-20-22-8-4-5-9-27(22)28-10-6-7-11-29(28)33/h4-19,33H,1-3H3. The number of phenolic OH excluding ortho intramolecular Hbond substituents is 1. The van der Waals surface area contributed by atoms with Gasteiger partial charge in [-0.3, -0.25) is 0 Å². The lowest BCUT2D eigenvalue weighted by atomic mass is 9.87. The van der Waals surface area contributed by atoms with Crippen LogP contribution in [0.3, 0.4) is 0 Å². The van der Waals surface area contributed by atoms with Gasteiger partial charge in [-0.2, -0.15) is 4.31 Å². The van der Waals surface area contributed by atoms with Gasteiger partial charge in [0.05, 0.1) is 10.6 Å². The molecule has 4 nitrogen and oxygen atoms in total. The predicted molar refractivity (Wildman–Crippen MR) is 149 cm³/mol. The van der Waals surface area contributed by atoms with E-state index in [1.54, 1.807) is 54.6 Å². The van der Waals surface area contributed by atoms with Gasteiger partial charge >= 0.3 is 0 Å². The summed E-state index contributed by atoms with van der Waals surface area (Å²) >= 11 is 3.36. The number of nitrogens with zero attached hydrogens (tertiary/aromatic N) is 1. The van der Waals surface area contributed by atoms with Crippen LogP contribution in [0.5, 0.6) is 5.75 Å². The van der Waals surface area contributed by atoms with Crippen molar-refractivity contribution in [3.63, 3.8) is 0 Å². The summed E-state index contributed by atoms with van der Waals surface area (Å²) < 4.78 is 29.3. The molecule has 1 N–H and O–H groups in total. The highest BCUT2D eigenvalue weighted by atomic mass is 79.9. The van der Waals surface area contributed by atoms with Crippen LogP contribution in [0.1, 0.15) is 31.9 Å². The van der Waals surface area contributed by atoms with Crippen molar-refractivity contribution in [1.29, 1.82) is 0 Å². The normalized spacial score (nSPS) is 11.4. The summed E-state index contributed by atoms with van der Waals surface area (Å²) in [6.45, 7) is 6.32. The van der Waals surface area contributed by atoms with Crippen molar-refractivity contribution < 1.29 is 13.5 Å². The number of halogens is 1. The quantitative estimate of drug-likeness (QED) is 0.210. The van der Waals surface area contributed by atoms with E-state index in [1.807, 2.05) is 42.5 Å². The van der Waals surface area contributed by atoms with Gasteiger partial charge in [0.1, 0.15) is 5.75 Å². The van der Waals surface area contributed by atoms with E-state index in [4.69, 9.17) is 0 Å². The fourth-order valence-corrected chi connectivity index (χ4v) is 5.23. The minimum Gasteiger partial charge on any atom is -0.507 e. The third-order valence-electron chi connectivity index (χ3n) is 5.73. The number of benzene rings is 4. The summed E-state index contributed by atoms with van der Waals surface area (Å²) in [6, 6.07) is 31.1. The molecule has 0 saturated heterocycles. The maximum atomic E-state index is 13.7. The fourth-order valence-electron chi connectivity index (χ4n) is 3.71. The van der Waals surface area contributed by atoms with E-state index in [9.17, 15) is 13.5 Å². The lowest BCUT2D eigenvalue weighted by Gasteiger charge is -2.22. The van der Waals surface area contributed by atoms with Crippen molar-refractivity contribution in [3.05, 3.63) is 113 Å². The second-order valence-electron chi connectivity index (χ2n) is 9.32. The molecule has 182 valence electrons. The molecule has 0 fully saturated rings. The highest BCUT2D eigenvalue weighted by molar-refractivity contribution is 9.10. The van der Waals surface area contributed by atoms with Gasteiger partial charge in [0, 0.05) is 27.2 Å². The number of hydrogen-bond donors (Lipinski definition) is 1. The molecule has 0 heterocycles. The van der Waals surface area contributed by atoms with E-state index in [1.165, 1.54) is 0 Å². The van der Waals surface area contributed by atoms with Crippen molar-refractivity contribution >= 4 is 31.6 Å². The number of para-hydroxylation sites is 1. The summed E-state index contributed by atoms with van der Waals surface area (Å²) in [6.07, 6.45) is 0. The van der Waals surface area contributed by atoms with Crippen LogP contribution >= 0.6 is 15.9 Å². The molecule has 0 spiro atoms. The summed E-state index contributed by atoms with van der Waals surface area (Å²) in [5, 5.41) is 10.4. The van der Waals surface area contributed by atoms with Crippen molar-refractivity contribution in [1.82, 2.24) is 0 Å². The summed E-state index contributed by atoms with van der Waals surface area (Å²) in [4.78, 5) is 0.133. The molecule has 0 saturated carbocycles. The predicted octanol–water partition coefficient (Wildman–Crippen LogP) is 7.32. The Kier molecular flexibility index (Phi) is 7.26. The maximum absolute atomic E-state index is 13.7. The molecule has 0 aromatic heterocycles. The van der Waals surface area contributed by atoms with Crippen LogP contribution in [-0.4, -0.2) is 13.5 Å². The van der Waals surface area contributed by atoms with Crippen LogP contribution in [0.2, 0.25) is 0 Å². The molecule has 4 aromatic rings. The van der Waals surface area contributed by atoms with E-state index in [0.717, 1.165) is 14.3 Å². The average Bonchev–Trinajstić information content (AvgIpc) is 2.85. The SMILES string of the molecule is CC(C)(C)c1ccc(N(C#Cc2ccccc2-c2ccccc2O)S(=O)(=O)c2ccc(Br)cc2)cc1. The second kappa shape index (κ2) is 10.2. The van der Waals surface area contributed by atoms with Crippen LogP contribution in [-0.2, 0) is 15.4 Å². The Morgan fingerprint density at radius 2 is 1.36 bits per heavy atom. The molecule has 0 aliphatic rings. The zero-order chi connectivity index (χ0) is 25.9. The Balaban J connectivity index is 1.85. The number of hydrogen-bond acceptors (Lipinski definition) is 3. The Bertz CT molecular complexity index is 1540. The molecule has 0 amide bonds. The van der Waals surface area contributed by atoms with Crippen molar-refractivity contribution in [2.45, 2.75) is 31.1 Å². The van der Waals surface area contributed by atoms with Gasteiger partial charge in [0.2, 0.25) is 0 Å². The summed E-state index contributed by atoms with van der Waals surface area (Å²) in [7, 11) is -3.99. The third kappa shape index (κ3) is 5.48. The number of anilines is 1. The maximum Gasteiger partial charge on any atom is 0.275 e. The van der Waals surface area contributed by atoms with Crippen LogP contribution in [0.25, 0.3) is 11.1 Å². The van der Waals surface area contributed by atoms with Crippen molar-refractivity contribution in [2.24, 2.45) is 0 Å². The smallest absolute Gasteiger partial charge is 0.275 e. The second-order valence-corrected chi connectivity index (χ2v) is 12.0. The minimum absolute atomic E-state index is 0.0732. The highest BCUT2D eigenvalue weighted by Crippen LogP contribution is 2.32. The number of sulfonamides is 1. The topological polar surface area (TPSA) is 57.6 Å². The van der Waals surface area contributed by atoms with E-state index in [2.05, 4.69) is 48.7 Å².